The van der Waals surface area contributed by atoms with Gasteiger partial charge in [0.2, 0.25) is 0 Å². The zero-order chi connectivity index (χ0) is 14.8. The minimum atomic E-state index is -0.896. The van der Waals surface area contributed by atoms with Crippen LogP contribution in [0.5, 0.6) is 0 Å². The lowest BCUT2D eigenvalue weighted by atomic mass is 9.86. The van der Waals surface area contributed by atoms with Gasteiger partial charge in [-0.3, -0.25) is 14.9 Å². The molecule has 108 valence electrons. The molecule has 20 heavy (non-hydrogen) atoms. The number of hydrogen-bond donors (Lipinski definition) is 2. The van der Waals surface area contributed by atoms with Gasteiger partial charge in [0, 0.05) is 6.54 Å². The van der Waals surface area contributed by atoms with E-state index in [2.05, 4.69) is 5.32 Å². The number of nitrogens with one attached hydrogen (secondary N) is 1. The van der Waals surface area contributed by atoms with Gasteiger partial charge in [0.25, 0.3) is 5.69 Å². The SMILES string of the molecule is O=C(O)C1(CNc2ccc(F)cc2[N+](=O)[O-])CCCC1. The van der Waals surface area contributed by atoms with E-state index in [1.54, 1.807) is 0 Å². The van der Waals surface area contributed by atoms with Crippen molar-refractivity contribution in [3.8, 4) is 0 Å². The van der Waals surface area contributed by atoms with Gasteiger partial charge >= 0.3 is 5.97 Å². The highest BCUT2D eigenvalue weighted by Crippen LogP contribution is 2.39. The summed E-state index contributed by atoms with van der Waals surface area (Å²) in [6.45, 7) is 0.106. The third-order valence-corrected chi connectivity index (χ3v) is 3.79. The fourth-order valence-corrected chi connectivity index (χ4v) is 2.59. The highest BCUT2D eigenvalue weighted by atomic mass is 19.1. The Hall–Kier alpha value is -2.18. The van der Waals surface area contributed by atoms with Gasteiger partial charge in [0.15, 0.2) is 0 Å². The predicted octanol–water partition coefficient (Wildman–Crippen LogP) is 2.79. The molecule has 0 aromatic heterocycles. The van der Waals surface area contributed by atoms with Gasteiger partial charge in [-0.2, -0.15) is 0 Å². The number of carbonyl (C=O) groups is 1. The van der Waals surface area contributed by atoms with Crippen molar-refractivity contribution in [2.75, 3.05) is 11.9 Å². The quantitative estimate of drug-likeness (QED) is 0.640. The van der Waals surface area contributed by atoms with Crippen molar-refractivity contribution in [2.45, 2.75) is 25.7 Å². The highest BCUT2D eigenvalue weighted by molar-refractivity contribution is 5.76. The molecule has 2 rings (SSSR count). The first-order chi connectivity index (χ1) is 9.44. The second kappa shape index (κ2) is 5.44. The summed E-state index contributed by atoms with van der Waals surface area (Å²) in [5, 5.41) is 23.0. The summed E-state index contributed by atoms with van der Waals surface area (Å²) in [6, 6.07) is 3.19. The van der Waals surface area contributed by atoms with Crippen LogP contribution < -0.4 is 5.32 Å². The third kappa shape index (κ3) is 2.71. The summed E-state index contributed by atoms with van der Waals surface area (Å²) < 4.78 is 13.0. The van der Waals surface area contributed by atoms with E-state index in [9.17, 15) is 24.4 Å². The average molecular weight is 282 g/mol. The summed E-state index contributed by atoms with van der Waals surface area (Å²) in [5.74, 6) is -1.59. The summed E-state index contributed by atoms with van der Waals surface area (Å²) >= 11 is 0. The van der Waals surface area contributed by atoms with Crippen molar-refractivity contribution < 1.29 is 19.2 Å². The fourth-order valence-electron chi connectivity index (χ4n) is 2.59. The number of anilines is 1. The Morgan fingerprint density at radius 3 is 2.65 bits per heavy atom. The molecule has 0 aliphatic heterocycles. The van der Waals surface area contributed by atoms with E-state index in [4.69, 9.17) is 0 Å². The third-order valence-electron chi connectivity index (χ3n) is 3.79. The van der Waals surface area contributed by atoms with Gasteiger partial charge in [-0.25, -0.2) is 4.39 Å². The summed E-state index contributed by atoms with van der Waals surface area (Å²) in [7, 11) is 0. The van der Waals surface area contributed by atoms with Gasteiger partial charge in [-0.15, -0.1) is 0 Å². The number of nitrogens with zero attached hydrogens (tertiary/aromatic N) is 1. The van der Waals surface area contributed by atoms with Gasteiger partial charge in [-0.1, -0.05) is 12.8 Å². The van der Waals surface area contributed by atoms with Crippen LogP contribution in [0.2, 0.25) is 0 Å². The Labute approximate surface area is 114 Å². The number of hydrogen-bond acceptors (Lipinski definition) is 4. The van der Waals surface area contributed by atoms with Crippen LogP contribution in [0.25, 0.3) is 0 Å². The maximum absolute atomic E-state index is 13.0. The van der Waals surface area contributed by atoms with Crippen LogP contribution in [0.15, 0.2) is 18.2 Å². The first-order valence-corrected chi connectivity index (χ1v) is 6.36. The van der Waals surface area contributed by atoms with Crippen molar-refractivity contribution in [3.05, 3.63) is 34.1 Å². The monoisotopic (exact) mass is 282 g/mol. The van der Waals surface area contributed by atoms with Crippen LogP contribution in [-0.2, 0) is 4.79 Å². The van der Waals surface area contributed by atoms with Gasteiger partial charge < -0.3 is 10.4 Å². The van der Waals surface area contributed by atoms with Gasteiger partial charge in [0.1, 0.15) is 11.5 Å². The molecule has 1 saturated carbocycles. The molecule has 6 nitrogen and oxygen atoms in total. The molecule has 1 fully saturated rings. The normalized spacial score (nSPS) is 16.9. The van der Waals surface area contributed by atoms with E-state index >= 15 is 0 Å². The smallest absolute Gasteiger partial charge is 0.311 e. The van der Waals surface area contributed by atoms with E-state index in [-0.39, 0.29) is 17.9 Å². The predicted molar refractivity (Wildman–Crippen MR) is 70.1 cm³/mol. The maximum atomic E-state index is 13.0. The molecule has 1 aliphatic carbocycles. The van der Waals surface area contributed by atoms with E-state index < -0.39 is 22.1 Å². The number of carboxylic acid groups (broad SMARTS) is 1. The number of halogens is 1. The molecule has 2 N–H and O–H groups in total. The van der Waals surface area contributed by atoms with Crippen LogP contribution in [0.4, 0.5) is 15.8 Å². The molecule has 0 atom stereocenters. The van der Waals surface area contributed by atoms with Crippen molar-refractivity contribution in [2.24, 2.45) is 5.41 Å². The van der Waals surface area contributed by atoms with Gasteiger partial charge in [0.05, 0.1) is 16.4 Å². The molecule has 7 heteroatoms. The number of aliphatic carboxylic acids is 1. The molecular weight excluding hydrogens is 267 g/mol. The number of rotatable bonds is 5. The minimum absolute atomic E-state index is 0.106. The number of carboxylic acids is 1. The largest absolute Gasteiger partial charge is 0.481 e. The molecule has 0 spiro atoms. The van der Waals surface area contributed by atoms with Crippen LogP contribution in [-0.4, -0.2) is 22.5 Å². The molecule has 0 bridgehead atoms. The van der Waals surface area contributed by atoms with Crippen LogP contribution in [0, 0.1) is 21.3 Å². The van der Waals surface area contributed by atoms with E-state index in [1.165, 1.54) is 6.07 Å². The molecular formula is C13H15FN2O4. The maximum Gasteiger partial charge on any atom is 0.311 e. The van der Waals surface area contributed by atoms with Crippen LogP contribution in [0.1, 0.15) is 25.7 Å². The summed E-state index contributed by atoms with van der Waals surface area (Å²) in [6.07, 6.45) is 2.76. The Morgan fingerprint density at radius 1 is 1.45 bits per heavy atom. The molecule has 1 aromatic carbocycles. The first-order valence-electron chi connectivity index (χ1n) is 6.36. The molecule has 0 unspecified atom stereocenters. The van der Waals surface area contributed by atoms with Crippen LogP contribution >= 0.6 is 0 Å². The first kappa shape index (κ1) is 14.2. The second-order valence-electron chi connectivity index (χ2n) is 5.06. The number of nitro groups is 1. The van der Waals surface area contributed by atoms with Crippen molar-refractivity contribution >= 4 is 17.3 Å². The van der Waals surface area contributed by atoms with Gasteiger partial charge in [-0.05, 0) is 25.0 Å². The molecule has 0 saturated heterocycles. The molecule has 1 aromatic rings. The molecule has 0 heterocycles. The zero-order valence-corrected chi connectivity index (χ0v) is 10.8. The zero-order valence-electron chi connectivity index (χ0n) is 10.8. The average Bonchev–Trinajstić information content (AvgIpc) is 2.87. The standard InChI is InChI=1S/C13H15FN2O4/c14-9-3-4-10(11(7-9)16(19)20)15-8-13(12(17)18)5-1-2-6-13/h3-4,7,15H,1-2,5-6,8H2,(H,17,18). The van der Waals surface area contributed by atoms with E-state index in [0.717, 1.165) is 25.0 Å². The Balaban J connectivity index is 2.18. The lowest BCUT2D eigenvalue weighted by molar-refractivity contribution is -0.384. The molecule has 0 amide bonds. The lowest BCUT2D eigenvalue weighted by Gasteiger charge is -2.24. The lowest BCUT2D eigenvalue weighted by Crippen LogP contribution is -2.35. The fraction of sp³-hybridized carbons (Fsp3) is 0.462. The summed E-state index contributed by atoms with van der Waals surface area (Å²) in [4.78, 5) is 21.6. The Kier molecular flexibility index (Phi) is 3.87. The molecule has 1 aliphatic rings. The second-order valence-corrected chi connectivity index (χ2v) is 5.06. The minimum Gasteiger partial charge on any atom is -0.481 e. The molecule has 0 radical (unpaired) electrons. The van der Waals surface area contributed by atoms with Crippen molar-refractivity contribution in [1.82, 2.24) is 0 Å². The topological polar surface area (TPSA) is 92.5 Å². The van der Waals surface area contributed by atoms with Crippen molar-refractivity contribution in [1.29, 1.82) is 0 Å². The Morgan fingerprint density at radius 2 is 2.10 bits per heavy atom. The highest BCUT2D eigenvalue weighted by Gasteiger charge is 2.41. The number of benzene rings is 1. The van der Waals surface area contributed by atoms with E-state index in [0.29, 0.717) is 12.8 Å². The number of nitro benzene ring substituents is 1. The summed E-state index contributed by atoms with van der Waals surface area (Å²) in [5.41, 5.74) is -1.13. The van der Waals surface area contributed by atoms with Crippen LogP contribution in [0.3, 0.4) is 0 Å². The van der Waals surface area contributed by atoms with E-state index in [1.807, 2.05) is 0 Å². The Bertz CT molecular complexity index is 541. The van der Waals surface area contributed by atoms with Crippen molar-refractivity contribution in [3.63, 3.8) is 0 Å².